The molecule has 4 aromatic rings. The molecule has 2 aliphatic heterocycles. The van der Waals surface area contributed by atoms with E-state index in [1.807, 2.05) is 72.0 Å². The van der Waals surface area contributed by atoms with Gasteiger partial charge in [-0.3, -0.25) is 9.80 Å². The fourth-order valence-corrected chi connectivity index (χ4v) is 6.07. The van der Waals surface area contributed by atoms with E-state index in [0.717, 1.165) is 59.5 Å². The Morgan fingerprint density at radius 3 is 1.78 bits per heavy atom. The Hall–Kier alpha value is -4.60. The van der Waals surface area contributed by atoms with Gasteiger partial charge in [-0.05, 0) is 78.4 Å². The van der Waals surface area contributed by atoms with Gasteiger partial charge in [-0.1, -0.05) is 48.5 Å². The van der Waals surface area contributed by atoms with Crippen LogP contribution >= 0.6 is 0 Å². The van der Waals surface area contributed by atoms with E-state index in [2.05, 4.69) is 39.2 Å². The maximum absolute atomic E-state index is 12.8. The lowest BCUT2D eigenvalue weighted by atomic mass is 10.0. The van der Waals surface area contributed by atoms with Crippen LogP contribution in [0.4, 0.5) is 9.59 Å². The lowest BCUT2D eigenvalue weighted by Crippen LogP contribution is -2.36. The Balaban J connectivity index is 1.11. The van der Waals surface area contributed by atoms with Crippen molar-refractivity contribution in [3.63, 3.8) is 0 Å². The molecule has 0 spiro atoms. The van der Waals surface area contributed by atoms with Gasteiger partial charge in [-0.25, -0.2) is 19.6 Å². The van der Waals surface area contributed by atoms with Crippen LogP contribution in [-0.4, -0.2) is 61.2 Å². The summed E-state index contributed by atoms with van der Waals surface area (Å²) in [6, 6.07) is 16.1. The number of likely N-dealkylation sites (tertiary alicyclic amines) is 2. The predicted octanol–water partition coefficient (Wildman–Crippen LogP) is 8.54. The molecule has 0 aliphatic carbocycles. The van der Waals surface area contributed by atoms with Crippen molar-refractivity contribution in [3.05, 3.63) is 72.5 Å². The largest absolute Gasteiger partial charge is 0.444 e. The molecular formula is C36H43N5O5. The van der Waals surface area contributed by atoms with Gasteiger partial charge in [-0.2, -0.15) is 0 Å². The third-order valence-corrected chi connectivity index (χ3v) is 8.19. The van der Waals surface area contributed by atoms with Crippen LogP contribution < -0.4 is 0 Å². The van der Waals surface area contributed by atoms with E-state index in [4.69, 9.17) is 13.9 Å². The number of carbonyl (C=O) groups excluding carboxylic acids is 2. The van der Waals surface area contributed by atoms with Gasteiger partial charge >= 0.3 is 12.2 Å². The number of nitrogens with one attached hydrogen (secondary N) is 1. The highest BCUT2D eigenvalue weighted by molar-refractivity contribution is 5.72. The van der Waals surface area contributed by atoms with Gasteiger partial charge in [-0.15, -0.1) is 0 Å². The number of aromatic nitrogens is 3. The number of imidazole rings is 1. The van der Waals surface area contributed by atoms with Gasteiger partial charge in [0.25, 0.3) is 0 Å². The number of nitrogens with zero attached hydrogens (tertiary/aromatic N) is 4. The van der Waals surface area contributed by atoms with Crippen LogP contribution in [-0.2, 0) is 9.47 Å². The Morgan fingerprint density at radius 1 is 0.717 bits per heavy atom. The second-order valence-corrected chi connectivity index (χ2v) is 14.1. The van der Waals surface area contributed by atoms with E-state index in [1.54, 1.807) is 16.0 Å². The zero-order valence-electron chi connectivity index (χ0n) is 27.5. The molecule has 2 atom stereocenters. The summed E-state index contributed by atoms with van der Waals surface area (Å²) in [5, 5.41) is 0. The number of H-pyrrole nitrogens is 1. The molecule has 10 nitrogen and oxygen atoms in total. The molecule has 1 N–H and O–H groups in total. The summed E-state index contributed by atoms with van der Waals surface area (Å²) in [6.45, 7) is 12.5. The van der Waals surface area contributed by atoms with E-state index in [0.29, 0.717) is 24.7 Å². The Morgan fingerprint density at radius 2 is 1.22 bits per heavy atom. The average molecular weight is 626 g/mol. The third-order valence-electron chi connectivity index (χ3n) is 8.19. The van der Waals surface area contributed by atoms with Crippen molar-refractivity contribution in [2.24, 2.45) is 0 Å². The van der Waals surface area contributed by atoms with E-state index in [9.17, 15) is 9.59 Å². The molecule has 2 saturated heterocycles. The quantitative estimate of drug-likeness (QED) is 0.236. The minimum absolute atomic E-state index is 0.0728. The van der Waals surface area contributed by atoms with E-state index < -0.39 is 11.2 Å². The van der Waals surface area contributed by atoms with Crippen molar-refractivity contribution in [1.29, 1.82) is 0 Å². The van der Waals surface area contributed by atoms with Crippen molar-refractivity contribution < 1.29 is 23.5 Å². The number of oxazole rings is 1. The molecule has 0 radical (unpaired) electrons. The SMILES string of the molecule is CC(C)(C)OC(=O)N1CCCC1c1cnc(-c2ccc(-c3ccc(-c4cnc(C5CCCN5C(=O)OC(C)(C)C)o4)cc3)cc2)[nH]1. The number of rotatable bonds is 5. The van der Waals surface area contributed by atoms with Crippen LogP contribution in [0.15, 0.2) is 65.3 Å². The van der Waals surface area contributed by atoms with E-state index in [1.165, 1.54) is 0 Å². The maximum atomic E-state index is 12.8. The Labute approximate surface area is 270 Å². The molecule has 242 valence electrons. The smallest absolute Gasteiger partial charge is 0.410 e. The molecule has 10 heteroatoms. The van der Waals surface area contributed by atoms with Crippen molar-refractivity contribution in [2.75, 3.05) is 13.1 Å². The number of ether oxygens (including phenoxy) is 2. The normalized spacial score (nSPS) is 18.7. The summed E-state index contributed by atoms with van der Waals surface area (Å²) >= 11 is 0. The topological polar surface area (TPSA) is 114 Å². The van der Waals surface area contributed by atoms with Crippen molar-refractivity contribution in [2.45, 2.75) is 90.5 Å². The Kier molecular flexibility index (Phi) is 8.39. The van der Waals surface area contributed by atoms with Gasteiger partial charge in [0.05, 0.1) is 24.1 Å². The molecule has 0 saturated carbocycles. The summed E-state index contributed by atoms with van der Waals surface area (Å²) < 4.78 is 17.4. The van der Waals surface area contributed by atoms with Gasteiger partial charge in [0.1, 0.15) is 23.1 Å². The average Bonchev–Trinajstić information content (AvgIpc) is 3.82. The second kappa shape index (κ2) is 12.3. The molecule has 2 amide bonds. The number of carbonyl (C=O) groups is 2. The van der Waals surface area contributed by atoms with Crippen LogP contribution in [0.2, 0.25) is 0 Å². The number of hydrogen-bond donors (Lipinski definition) is 1. The molecule has 4 heterocycles. The molecular weight excluding hydrogens is 582 g/mol. The maximum Gasteiger partial charge on any atom is 0.410 e. The summed E-state index contributed by atoms with van der Waals surface area (Å²) in [6.07, 6.45) is 6.39. The molecule has 2 fully saturated rings. The van der Waals surface area contributed by atoms with Crippen molar-refractivity contribution in [3.8, 4) is 33.8 Å². The van der Waals surface area contributed by atoms with Crippen LogP contribution in [0.5, 0.6) is 0 Å². The second-order valence-electron chi connectivity index (χ2n) is 14.1. The first-order chi connectivity index (χ1) is 21.8. The molecule has 2 aromatic heterocycles. The fourth-order valence-electron chi connectivity index (χ4n) is 6.07. The van der Waals surface area contributed by atoms with Crippen LogP contribution in [0, 0.1) is 0 Å². The zero-order chi connectivity index (χ0) is 32.6. The summed E-state index contributed by atoms with van der Waals surface area (Å²) in [5.41, 5.74) is 3.85. The van der Waals surface area contributed by atoms with Gasteiger partial charge < -0.3 is 18.9 Å². The summed E-state index contributed by atoms with van der Waals surface area (Å²) in [4.78, 5) is 41.6. The molecule has 46 heavy (non-hydrogen) atoms. The van der Waals surface area contributed by atoms with E-state index in [-0.39, 0.29) is 24.3 Å². The Bertz CT molecular complexity index is 1550. The molecule has 2 unspecified atom stereocenters. The van der Waals surface area contributed by atoms with Crippen molar-refractivity contribution in [1.82, 2.24) is 24.8 Å². The minimum atomic E-state index is -0.557. The zero-order valence-corrected chi connectivity index (χ0v) is 27.5. The third kappa shape index (κ3) is 6.95. The minimum Gasteiger partial charge on any atom is -0.444 e. The summed E-state index contributed by atoms with van der Waals surface area (Å²) in [7, 11) is 0. The summed E-state index contributed by atoms with van der Waals surface area (Å²) in [5.74, 6) is 1.96. The van der Waals surface area contributed by atoms with Gasteiger partial charge in [0, 0.05) is 24.2 Å². The molecule has 6 rings (SSSR count). The standard InChI is InChI=1S/C36H43N5O5/c1-35(2,3)45-33(42)40-19-7-9-28(40)27-21-37-31(39-27)26-17-13-24(14-18-26)23-11-15-25(16-12-23)30-22-38-32(44-30)29-10-8-20-41(29)34(43)46-36(4,5)6/h11-18,21-22,28-29H,7-10,19-20H2,1-6H3,(H,37,39). The first-order valence-electron chi connectivity index (χ1n) is 16.1. The van der Waals surface area contributed by atoms with Crippen LogP contribution in [0.1, 0.15) is 90.9 Å². The first-order valence-corrected chi connectivity index (χ1v) is 16.1. The highest BCUT2D eigenvalue weighted by Gasteiger charge is 2.36. The highest BCUT2D eigenvalue weighted by Crippen LogP contribution is 2.36. The van der Waals surface area contributed by atoms with Gasteiger partial charge in [0.2, 0.25) is 5.89 Å². The lowest BCUT2D eigenvalue weighted by Gasteiger charge is -2.28. The molecule has 0 bridgehead atoms. The fraction of sp³-hybridized carbons (Fsp3) is 0.444. The highest BCUT2D eigenvalue weighted by atomic mass is 16.6. The first kappa shape index (κ1) is 31.4. The van der Waals surface area contributed by atoms with Crippen molar-refractivity contribution >= 4 is 12.2 Å². The number of hydrogen-bond acceptors (Lipinski definition) is 7. The van der Waals surface area contributed by atoms with E-state index >= 15 is 0 Å². The van der Waals surface area contributed by atoms with Crippen LogP contribution in [0.25, 0.3) is 33.8 Å². The lowest BCUT2D eigenvalue weighted by molar-refractivity contribution is 0.0200. The molecule has 2 aliphatic rings. The van der Waals surface area contributed by atoms with Crippen LogP contribution in [0.3, 0.4) is 0 Å². The number of aromatic amines is 1. The predicted molar refractivity (Wildman–Crippen MR) is 175 cm³/mol. The monoisotopic (exact) mass is 625 g/mol. The molecule has 2 aromatic carbocycles. The number of amides is 2. The number of benzene rings is 2. The van der Waals surface area contributed by atoms with Gasteiger partial charge in [0.15, 0.2) is 5.76 Å².